The van der Waals surface area contributed by atoms with E-state index in [9.17, 15) is 9.90 Å². The molecule has 1 aromatic carbocycles. The lowest BCUT2D eigenvalue weighted by molar-refractivity contribution is -0.166. The predicted octanol–water partition coefficient (Wildman–Crippen LogP) is 3.81. The molecule has 0 bridgehead atoms. The van der Waals surface area contributed by atoms with E-state index < -0.39 is 6.29 Å². The van der Waals surface area contributed by atoms with E-state index in [0.29, 0.717) is 25.3 Å². The molecular weight excluding hydrogens is 374 g/mol. The molecule has 1 aromatic heterocycles. The normalized spacial score (nSPS) is 21.6. The van der Waals surface area contributed by atoms with Crippen LogP contribution in [0.2, 0.25) is 0 Å². The highest BCUT2D eigenvalue weighted by atomic mass is 32.1. The second-order valence-electron chi connectivity index (χ2n) is 6.71. The van der Waals surface area contributed by atoms with Crippen molar-refractivity contribution >= 4 is 17.2 Å². The van der Waals surface area contributed by atoms with Crippen LogP contribution in [0, 0.1) is 5.92 Å². The van der Waals surface area contributed by atoms with Gasteiger partial charge in [0.05, 0.1) is 0 Å². The Balaban J connectivity index is 1.79. The van der Waals surface area contributed by atoms with Crippen LogP contribution in [0.15, 0.2) is 59.7 Å². The molecule has 0 radical (unpaired) electrons. The van der Waals surface area contributed by atoms with Crippen LogP contribution in [0.25, 0.3) is 0 Å². The summed E-state index contributed by atoms with van der Waals surface area (Å²) in [7, 11) is 0. The number of aliphatic hydroxyl groups excluding tert-OH is 1. The molecule has 28 heavy (non-hydrogen) atoms. The van der Waals surface area contributed by atoms with Crippen LogP contribution in [0.3, 0.4) is 0 Å². The van der Waals surface area contributed by atoms with Gasteiger partial charge in [-0.3, -0.25) is 4.79 Å². The summed E-state index contributed by atoms with van der Waals surface area (Å²) in [6.45, 7) is 2.98. The van der Waals surface area contributed by atoms with Crippen molar-refractivity contribution in [1.82, 2.24) is 5.32 Å². The van der Waals surface area contributed by atoms with Crippen molar-refractivity contribution in [3.05, 3.63) is 70.1 Å². The molecule has 3 atom stereocenters. The Kier molecular flexibility index (Phi) is 7.65. The van der Waals surface area contributed by atoms with Crippen molar-refractivity contribution in [2.75, 3.05) is 13.2 Å². The van der Waals surface area contributed by atoms with Crippen molar-refractivity contribution in [3.8, 4) is 0 Å². The molecule has 1 amide bonds. The summed E-state index contributed by atoms with van der Waals surface area (Å²) in [6, 6.07) is 13.9. The number of nitrogens with one attached hydrogen (secondary N) is 1. The van der Waals surface area contributed by atoms with Gasteiger partial charge in [0.2, 0.25) is 6.29 Å². The average molecular weight is 402 g/mol. The summed E-state index contributed by atoms with van der Waals surface area (Å²) in [5.74, 6) is 0.134. The van der Waals surface area contributed by atoms with E-state index in [2.05, 4.69) is 11.4 Å². The number of rotatable bonds is 9. The van der Waals surface area contributed by atoms with Crippen LogP contribution in [-0.2, 0) is 20.8 Å². The molecule has 150 valence electrons. The zero-order chi connectivity index (χ0) is 19.8. The van der Waals surface area contributed by atoms with Crippen molar-refractivity contribution in [2.24, 2.45) is 5.92 Å². The van der Waals surface area contributed by atoms with Crippen LogP contribution in [0.4, 0.5) is 0 Å². The molecule has 1 aliphatic heterocycles. The second kappa shape index (κ2) is 10.4. The van der Waals surface area contributed by atoms with Crippen molar-refractivity contribution in [3.63, 3.8) is 0 Å². The van der Waals surface area contributed by atoms with Gasteiger partial charge in [-0.2, -0.15) is 0 Å². The summed E-state index contributed by atoms with van der Waals surface area (Å²) in [5.41, 5.74) is 1.03. The van der Waals surface area contributed by atoms with E-state index in [1.165, 1.54) is 4.88 Å². The maximum absolute atomic E-state index is 12.8. The smallest absolute Gasteiger partial charge is 0.286 e. The molecular formula is C22H27NO4S. The monoisotopic (exact) mass is 401 g/mol. The van der Waals surface area contributed by atoms with Crippen molar-refractivity contribution in [2.45, 2.75) is 38.5 Å². The largest absolute Gasteiger partial charge is 0.459 e. The summed E-state index contributed by atoms with van der Waals surface area (Å²) in [5, 5.41) is 14.3. The van der Waals surface area contributed by atoms with Gasteiger partial charge in [-0.05, 0) is 42.9 Å². The summed E-state index contributed by atoms with van der Waals surface area (Å²) in [4.78, 5) is 13.9. The maximum Gasteiger partial charge on any atom is 0.286 e. The second-order valence-corrected chi connectivity index (χ2v) is 7.69. The molecule has 0 spiro atoms. The number of ether oxygens (including phenoxy) is 2. The number of benzene rings is 1. The molecule has 0 fully saturated rings. The van der Waals surface area contributed by atoms with Gasteiger partial charge in [0.25, 0.3) is 5.91 Å². The van der Waals surface area contributed by atoms with Crippen molar-refractivity contribution < 1.29 is 19.4 Å². The van der Waals surface area contributed by atoms with E-state index in [-0.39, 0.29) is 24.3 Å². The Morgan fingerprint density at radius 1 is 1.25 bits per heavy atom. The van der Waals surface area contributed by atoms with Gasteiger partial charge in [-0.1, -0.05) is 36.4 Å². The summed E-state index contributed by atoms with van der Waals surface area (Å²) < 4.78 is 11.8. The Morgan fingerprint density at radius 3 is 2.75 bits per heavy atom. The number of hydrogen-bond donors (Lipinski definition) is 2. The maximum atomic E-state index is 12.8. The topological polar surface area (TPSA) is 67.8 Å². The third kappa shape index (κ3) is 5.22. The van der Waals surface area contributed by atoms with Gasteiger partial charge in [0.1, 0.15) is 0 Å². The summed E-state index contributed by atoms with van der Waals surface area (Å²) >= 11 is 1.66. The zero-order valence-electron chi connectivity index (χ0n) is 16.0. The highest BCUT2D eigenvalue weighted by Crippen LogP contribution is 2.40. The number of thiophene rings is 1. The highest BCUT2D eigenvalue weighted by Gasteiger charge is 2.38. The lowest BCUT2D eigenvalue weighted by Crippen LogP contribution is -2.38. The number of aliphatic hydroxyl groups is 1. The van der Waals surface area contributed by atoms with Gasteiger partial charge >= 0.3 is 0 Å². The minimum absolute atomic E-state index is 0.0225. The van der Waals surface area contributed by atoms with Crippen LogP contribution >= 0.6 is 11.3 Å². The third-order valence-corrected chi connectivity index (χ3v) is 5.78. The third-order valence-electron chi connectivity index (χ3n) is 4.80. The number of carbonyl (C=O) groups excluding carboxylic acids is 1. The molecule has 2 N–H and O–H groups in total. The fourth-order valence-corrected chi connectivity index (χ4v) is 4.31. The molecule has 5 nitrogen and oxygen atoms in total. The van der Waals surface area contributed by atoms with E-state index >= 15 is 0 Å². The number of allylic oxidation sites excluding steroid dienone is 1. The molecule has 2 aromatic rings. The highest BCUT2D eigenvalue weighted by molar-refractivity contribution is 7.10. The van der Waals surface area contributed by atoms with Crippen molar-refractivity contribution in [1.29, 1.82) is 0 Å². The standard InChI is InChI=1S/C22H27NO4S/c1-2-26-22-17(10-6-12-24)18(20-11-7-13-28-20)14-19(27-22)21(25)23-15-16-8-4-3-5-9-16/h3-5,7-9,11,13-14,17-18,22,24H,2,6,10,12,15H2,1H3,(H,23,25)/t17-,18+,22-/m0/s1. The SMILES string of the molecule is CCO[C@H]1OC(C(=O)NCc2ccccc2)=C[C@@H](c2cccs2)[C@@H]1CCCO. The molecule has 1 aliphatic rings. The Bertz CT molecular complexity index is 760. The lowest BCUT2D eigenvalue weighted by atomic mass is 9.84. The molecule has 0 unspecified atom stereocenters. The van der Waals surface area contributed by atoms with Crippen LogP contribution in [-0.4, -0.2) is 30.5 Å². The van der Waals surface area contributed by atoms with Gasteiger partial charge < -0.3 is 19.9 Å². The Morgan fingerprint density at radius 2 is 2.07 bits per heavy atom. The molecule has 6 heteroatoms. The molecule has 0 saturated heterocycles. The van der Waals surface area contributed by atoms with E-state index in [1.807, 2.05) is 54.8 Å². The lowest BCUT2D eigenvalue weighted by Gasteiger charge is -2.36. The number of carbonyl (C=O) groups is 1. The first-order valence-corrected chi connectivity index (χ1v) is 10.6. The van der Waals surface area contributed by atoms with E-state index in [1.54, 1.807) is 11.3 Å². The number of hydrogen-bond acceptors (Lipinski definition) is 5. The fourth-order valence-electron chi connectivity index (χ4n) is 3.44. The minimum Gasteiger partial charge on any atom is -0.459 e. The van der Waals surface area contributed by atoms with Gasteiger partial charge in [0, 0.05) is 36.5 Å². The number of amides is 1. The Labute approximate surface area is 170 Å². The zero-order valence-corrected chi connectivity index (χ0v) is 16.9. The molecule has 0 aliphatic carbocycles. The van der Waals surface area contributed by atoms with Gasteiger partial charge in [-0.15, -0.1) is 11.3 Å². The van der Waals surface area contributed by atoms with Gasteiger partial charge in [0.15, 0.2) is 5.76 Å². The van der Waals surface area contributed by atoms with Crippen LogP contribution in [0.1, 0.15) is 36.1 Å². The average Bonchev–Trinajstić information content (AvgIpc) is 3.26. The first-order valence-electron chi connectivity index (χ1n) is 9.69. The predicted molar refractivity (Wildman–Crippen MR) is 110 cm³/mol. The van der Waals surface area contributed by atoms with Gasteiger partial charge in [-0.25, -0.2) is 0 Å². The minimum atomic E-state index is -0.508. The molecule has 0 saturated carbocycles. The first-order chi connectivity index (χ1) is 13.7. The quantitative estimate of drug-likeness (QED) is 0.670. The van der Waals surface area contributed by atoms with Crippen LogP contribution < -0.4 is 5.32 Å². The van der Waals surface area contributed by atoms with Crippen LogP contribution in [0.5, 0.6) is 0 Å². The summed E-state index contributed by atoms with van der Waals surface area (Å²) in [6.07, 6.45) is 2.83. The molecule has 2 heterocycles. The molecule has 3 rings (SSSR count). The Hall–Kier alpha value is -2.15. The van der Waals surface area contributed by atoms with E-state index in [0.717, 1.165) is 12.0 Å². The van der Waals surface area contributed by atoms with E-state index in [4.69, 9.17) is 9.47 Å². The first kappa shape index (κ1) is 20.6. The fraction of sp³-hybridized carbons (Fsp3) is 0.409.